The van der Waals surface area contributed by atoms with Gasteiger partial charge in [0.25, 0.3) is 0 Å². The summed E-state index contributed by atoms with van der Waals surface area (Å²) in [4.78, 5) is 14.6. The van der Waals surface area contributed by atoms with Crippen LogP contribution in [0.1, 0.15) is 5.56 Å². The van der Waals surface area contributed by atoms with Crippen molar-refractivity contribution in [3.05, 3.63) is 59.9 Å². The lowest BCUT2D eigenvalue weighted by molar-refractivity contribution is -0.116. The van der Waals surface area contributed by atoms with Crippen LogP contribution in [0.15, 0.2) is 53.4 Å². The third-order valence-electron chi connectivity index (χ3n) is 4.61. The second-order valence-electron chi connectivity index (χ2n) is 6.85. The third-order valence-corrected chi connectivity index (χ3v) is 6.43. The fourth-order valence-corrected chi connectivity index (χ4v) is 4.17. The number of rotatable bonds is 7. The quantitative estimate of drug-likeness (QED) is 0.739. The van der Waals surface area contributed by atoms with Crippen LogP contribution < -0.4 is 5.32 Å². The second-order valence-corrected chi connectivity index (χ2v) is 8.90. The third kappa shape index (κ3) is 5.83. The molecule has 0 atom stereocenters. The first-order valence-corrected chi connectivity index (χ1v) is 10.7. The van der Waals surface area contributed by atoms with Gasteiger partial charge in [-0.25, -0.2) is 12.8 Å². The Hall–Kier alpha value is -2.33. The fourth-order valence-electron chi connectivity index (χ4n) is 3.04. The van der Waals surface area contributed by atoms with Crippen molar-refractivity contribution in [1.29, 1.82) is 0 Å². The van der Waals surface area contributed by atoms with Crippen LogP contribution in [0.3, 0.4) is 0 Å². The number of halogens is 1. The summed E-state index contributed by atoms with van der Waals surface area (Å²) < 4.78 is 44.3. The summed E-state index contributed by atoms with van der Waals surface area (Å²) in [6.45, 7) is 3.56. The van der Waals surface area contributed by atoms with Gasteiger partial charge in [0.2, 0.25) is 15.9 Å². The topological polar surface area (TPSA) is 79.0 Å². The highest BCUT2D eigenvalue weighted by molar-refractivity contribution is 7.89. The summed E-state index contributed by atoms with van der Waals surface area (Å²) in [6, 6.07) is 12.0. The number of hydrogen-bond acceptors (Lipinski definition) is 5. The summed E-state index contributed by atoms with van der Waals surface area (Å²) in [5.41, 5.74) is 1.66. The lowest BCUT2D eigenvalue weighted by atomic mass is 10.2. The number of ether oxygens (including phenoxy) is 1. The first kappa shape index (κ1) is 21.4. The van der Waals surface area contributed by atoms with E-state index in [9.17, 15) is 17.6 Å². The molecule has 3 rings (SSSR count). The van der Waals surface area contributed by atoms with Gasteiger partial charge in [0.05, 0.1) is 24.7 Å². The Labute approximate surface area is 170 Å². The molecule has 0 aliphatic carbocycles. The summed E-state index contributed by atoms with van der Waals surface area (Å²) >= 11 is 0. The summed E-state index contributed by atoms with van der Waals surface area (Å²) in [7, 11) is -2.57. The van der Waals surface area contributed by atoms with Crippen molar-refractivity contribution in [2.45, 2.75) is 11.4 Å². The van der Waals surface area contributed by atoms with Crippen LogP contribution in [0.25, 0.3) is 0 Å². The molecule has 2 aromatic rings. The van der Waals surface area contributed by atoms with Crippen LogP contribution in [0.2, 0.25) is 0 Å². The van der Waals surface area contributed by atoms with Crippen LogP contribution >= 0.6 is 0 Å². The molecular formula is C20H24FN3O4S. The van der Waals surface area contributed by atoms with Crippen LogP contribution in [0.4, 0.5) is 10.1 Å². The zero-order chi connectivity index (χ0) is 20.9. The van der Waals surface area contributed by atoms with Crippen molar-refractivity contribution in [2.75, 3.05) is 45.2 Å². The molecule has 1 saturated heterocycles. The Morgan fingerprint density at radius 2 is 1.86 bits per heavy atom. The molecule has 0 saturated carbocycles. The largest absolute Gasteiger partial charge is 0.379 e. The zero-order valence-corrected chi connectivity index (χ0v) is 17.0. The number of morpholine rings is 1. The van der Waals surface area contributed by atoms with E-state index < -0.39 is 21.7 Å². The van der Waals surface area contributed by atoms with Crippen molar-refractivity contribution in [3.8, 4) is 0 Å². The maximum Gasteiger partial charge on any atom is 0.243 e. The van der Waals surface area contributed by atoms with Crippen LogP contribution in [-0.4, -0.2) is 63.4 Å². The van der Waals surface area contributed by atoms with Crippen LogP contribution in [0, 0.1) is 5.82 Å². The molecule has 1 heterocycles. The molecule has 0 bridgehead atoms. The standard InChI is InChI=1S/C20H24FN3O4S/c1-23(29(26,27)19-7-5-17(21)6-8-19)15-20(25)22-18-4-2-3-16(13-18)14-24-9-11-28-12-10-24/h2-8,13H,9-12,14-15H2,1H3,(H,22,25). The van der Waals surface area contributed by atoms with E-state index in [1.807, 2.05) is 18.2 Å². The molecular weight excluding hydrogens is 397 g/mol. The number of benzene rings is 2. The Bertz CT molecular complexity index is 944. The second kappa shape index (κ2) is 9.45. The molecule has 1 fully saturated rings. The van der Waals surface area contributed by atoms with E-state index in [-0.39, 0.29) is 11.4 Å². The number of carbonyl (C=O) groups excluding carboxylic acids is 1. The zero-order valence-electron chi connectivity index (χ0n) is 16.2. The highest BCUT2D eigenvalue weighted by Crippen LogP contribution is 2.16. The monoisotopic (exact) mass is 421 g/mol. The summed E-state index contributed by atoms with van der Waals surface area (Å²) in [6.07, 6.45) is 0. The number of hydrogen-bond donors (Lipinski definition) is 1. The van der Waals surface area contributed by atoms with E-state index in [0.717, 1.165) is 41.6 Å². The number of likely N-dealkylation sites (N-methyl/N-ethyl adjacent to an activating group) is 1. The number of nitrogens with one attached hydrogen (secondary N) is 1. The first-order valence-electron chi connectivity index (χ1n) is 9.25. The van der Waals surface area contributed by atoms with E-state index in [0.29, 0.717) is 18.9 Å². The molecule has 2 aromatic carbocycles. The number of amides is 1. The molecule has 9 heteroatoms. The predicted octanol–water partition coefficient (Wildman–Crippen LogP) is 1.92. The van der Waals surface area contributed by atoms with Gasteiger partial charge in [-0.3, -0.25) is 9.69 Å². The van der Waals surface area contributed by atoms with Gasteiger partial charge in [-0.15, -0.1) is 0 Å². The molecule has 0 aromatic heterocycles. The average Bonchev–Trinajstić information content (AvgIpc) is 2.69. The molecule has 7 nitrogen and oxygen atoms in total. The van der Waals surface area contributed by atoms with Crippen molar-refractivity contribution in [3.63, 3.8) is 0 Å². The van der Waals surface area contributed by atoms with E-state index in [1.165, 1.54) is 19.2 Å². The van der Waals surface area contributed by atoms with Crippen LogP contribution in [-0.2, 0) is 26.1 Å². The van der Waals surface area contributed by atoms with Gasteiger partial charge in [-0.05, 0) is 42.0 Å². The Balaban J connectivity index is 1.59. The van der Waals surface area contributed by atoms with Crippen molar-refractivity contribution < 1.29 is 22.3 Å². The van der Waals surface area contributed by atoms with Crippen molar-refractivity contribution in [1.82, 2.24) is 9.21 Å². The van der Waals surface area contributed by atoms with E-state index in [4.69, 9.17) is 4.74 Å². The molecule has 1 aliphatic rings. The van der Waals surface area contributed by atoms with Crippen molar-refractivity contribution in [2.24, 2.45) is 0 Å². The smallest absolute Gasteiger partial charge is 0.243 e. The van der Waals surface area contributed by atoms with Gasteiger partial charge in [-0.1, -0.05) is 12.1 Å². The SMILES string of the molecule is CN(CC(=O)Nc1cccc(CN2CCOCC2)c1)S(=O)(=O)c1ccc(F)cc1. The minimum atomic E-state index is -3.88. The Morgan fingerprint density at radius 3 is 2.55 bits per heavy atom. The number of sulfonamides is 1. The Morgan fingerprint density at radius 1 is 1.17 bits per heavy atom. The van der Waals surface area contributed by atoms with Gasteiger partial charge in [0, 0.05) is 32.4 Å². The molecule has 1 aliphatic heterocycles. The molecule has 0 unspecified atom stereocenters. The summed E-state index contributed by atoms with van der Waals surface area (Å²) in [5.74, 6) is -0.983. The van der Waals surface area contributed by atoms with Gasteiger partial charge >= 0.3 is 0 Å². The molecule has 0 spiro atoms. The van der Waals surface area contributed by atoms with Gasteiger partial charge in [0.1, 0.15) is 5.82 Å². The van der Waals surface area contributed by atoms with Crippen molar-refractivity contribution >= 4 is 21.6 Å². The van der Waals surface area contributed by atoms with Crippen LogP contribution in [0.5, 0.6) is 0 Å². The van der Waals surface area contributed by atoms with E-state index in [2.05, 4.69) is 10.2 Å². The summed E-state index contributed by atoms with van der Waals surface area (Å²) in [5, 5.41) is 2.73. The fraction of sp³-hybridized carbons (Fsp3) is 0.350. The molecule has 156 valence electrons. The van der Waals surface area contributed by atoms with Gasteiger partial charge in [0.15, 0.2) is 0 Å². The highest BCUT2D eigenvalue weighted by atomic mass is 32.2. The maximum absolute atomic E-state index is 13.0. The minimum Gasteiger partial charge on any atom is -0.379 e. The van der Waals surface area contributed by atoms with Gasteiger partial charge in [-0.2, -0.15) is 4.31 Å². The molecule has 29 heavy (non-hydrogen) atoms. The first-order chi connectivity index (χ1) is 13.8. The Kier molecular flexibility index (Phi) is 6.96. The van der Waals surface area contributed by atoms with Gasteiger partial charge < -0.3 is 10.1 Å². The molecule has 0 radical (unpaired) electrons. The molecule has 1 N–H and O–H groups in total. The number of anilines is 1. The maximum atomic E-state index is 13.0. The normalized spacial score (nSPS) is 15.4. The minimum absolute atomic E-state index is 0.0679. The number of carbonyl (C=O) groups is 1. The number of nitrogens with zero attached hydrogens (tertiary/aromatic N) is 2. The highest BCUT2D eigenvalue weighted by Gasteiger charge is 2.23. The average molecular weight is 421 g/mol. The molecule has 1 amide bonds. The van der Waals surface area contributed by atoms with E-state index in [1.54, 1.807) is 6.07 Å². The lowest BCUT2D eigenvalue weighted by Gasteiger charge is -2.26. The lowest BCUT2D eigenvalue weighted by Crippen LogP contribution is -2.35. The predicted molar refractivity (Wildman–Crippen MR) is 107 cm³/mol. The van der Waals surface area contributed by atoms with E-state index >= 15 is 0 Å².